The quantitative estimate of drug-likeness (QED) is 0.899. The molecular weight excluding hydrogens is 236 g/mol. The molecule has 0 heterocycles. The molecule has 1 aliphatic carbocycles. The standard InChI is InChI=1S/C16H20N2O/c1-16(2)10-3-4-14(16)15(19)18-13-7-5-12(6-8-13)9-11-17/h5-8,14H,3-4,9-10H2,1-2H3,(H,18,19). The van der Waals surface area contributed by atoms with Crippen LogP contribution in [0.1, 0.15) is 38.7 Å². The third-order valence-electron chi connectivity index (χ3n) is 4.08. The van der Waals surface area contributed by atoms with Crippen molar-refractivity contribution in [1.82, 2.24) is 0 Å². The zero-order chi connectivity index (χ0) is 13.9. The lowest BCUT2D eigenvalue weighted by molar-refractivity contribution is -0.122. The van der Waals surface area contributed by atoms with E-state index in [2.05, 4.69) is 25.2 Å². The van der Waals surface area contributed by atoms with Crippen LogP contribution in [0.2, 0.25) is 0 Å². The number of benzene rings is 1. The fraction of sp³-hybridized carbons (Fsp3) is 0.500. The number of nitrogens with zero attached hydrogens (tertiary/aromatic N) is 1. The summed E-state index contributed by atoms with van der Waals surface area (Å²) < 4.78 is 0. The van der Waals surface area contributed by atoms with Crippen LogP contribution in [0.15, 0.2) is 24.3 Å². The Bertz CT molecular complexity index is 496. The Balaban J connectivity index is 2.01. The minimum absolute atomic E-state index is 0.102. The van der Waals surface area contributed by atoms with Gasteiger partial charge in [0.25, 0.3) is 0 Å². The molecule has 100 valence electrons. The van der Waals surface area contributed by atoms with Gasteiger partial charge in [0, 0.05) is 11.6 Å². The van der Waals surface area contributed by atoms with E-state index in [1.165, 1.54) is 0 Å². The molecule has 0 radical (unpaired) electrons. The Morgan fingerprint density at radius 3 is 2.63 bits per heavy atom. The van der Waals surface area contributed by atoms with Gasteiger partial charge in [-0.1, -0.05) is 32.4 Å². The first-order valence-corrected chi connectivity index (χ1v) is 6.80. The van der Waals surface area contributed by atoms with E-state index < -0.39 is 0 Å². The van der Waals surface area contributed by atoms with Crippen LogP contribution in [0.5, 0.6) is 0 Å². The zero-order valence-corrected chi connectivity index (χ0v) is 11.6. The summed E-state index contributed by atoms with van der Waals surface area (Å²) in [6.45, 7) is 4.33. The van der Waals surface area contributed by atoms with Crippen LogP contribution in [-0.4, -0.2) is 5.91 Å². The van der Waals surface area contributed by atoms with Crippen LogP contribution in [0.4, 0.5) is 5.69 Å². The molecule has 1 amide bonds. The molecule has 1 unspecified atom stereocenters. The summed E-state index contributed by atoms with van der Waals surface area (Å²) in [7, 11) is 0. The molecule has 1 N–H and O–H groups in total. The van der Waals surface area contributed by atoms with Gasteiger partial charge >= 0.3 is 0 Å². The topological polar surface area (TPSA) is 52.9 Å². The lowest BCUT2D eigenvalue weighted by Gasteiger charge is -2.25. The van der Waals surface area contributed by atoms with Gasteiger partial charge in [0.1, 0.15) is 0 Å². The molecule has 0 aromatic heterocycles. The van der Waals surface area contributed by atoms with Crippen LogP contribution in [0.3, 0.4) is 0 Å². The lowest BCUT2D eigenvalue weighted by atomic mass is 9.81. The summed E-state index contributed by atoms with van der Waals surface area (Å²) in [4.78, 5) is 12.3. The van der Waals surface area contributed by atoms with Crippen molar-refractivity contribution in [3.05, 3.63) is 29.8 Å². The molecule has 1 aromatic rings. The number of carbonyl (C=O) groups is 1. The molecule has 1 aliphatic rings. The first kappa shape index (κ1) is 13.6. The van der Waals surface area contributed by atoms with Crippen molar-refractivity contribution in [2.24, 2.45) is 11.3 Å². The Morgan fingerprint density at radius 1 is 1.42 bits per heavy atom. The van der Waals surface area contributed by atoms with Crippen molar-refractivity contribution in [2.45, 2.75) is 39.5 Å². The first-order chi connectivity index (χ1) is 9.03. The molecule has 1 fully saturated rings. The van der Waals surface area contributed by atoms with Crippen molar-refractivity contribution in [2.75, 3.05) is 5.32 Å². The van der Waals surface area contributed by atoms with E-state index in [1.54, 1.807) is 0 Å². The lowest BCUT2D eigenvalue weighted by Crippen LogP contribution is -2.30. The van der Waals surface area contributed by atoms with E-state index in [-0.39, 0.29) is 17.2 Å². The number of hydrogen-bond donors (Lipinski definition) is 1. The van der Waals surface area contributed by atoms with E-state index in [0.717, 1.165) is 30.5 Å². The zero-order valence-electron chi connectivity index (χ0n) is 11.6. The Morgan fingerprint density at radius 2 is 2.11 bits per heavy atom. The highest BCUT2D eigenvalue weighted by atomic mass is 16.1. The van der Waals surface area contributed by atoms with Crippen molar-refractivity contribution in [3.63, 3.8) is 0 Å². The van der Waals surface area contributed by atoms with Gasteiger partial charge in [-0.15, -0.1) is 0 Å². The van der Waals surface area contributed by atoms with Gasteiger partial charge in [0.05, 0.1) is 12.5 Å². The second-order valence-corrected chi connectivity index (χ2v) is 5.95. The van der Waals surface area contributed by atoms with Gasteiger partial charge in [0.15, 0.2) is 0 Å². The number of anilines is 1. The smallest absolute Gasteiger partial charge is 0.228 e. The van der Waals surface area contributed by atoms with E-state index >= 15 is 0 Å². The predicted molar refractivity (Wildman–Crippen MR) is 75.5 cm³/mol. The SMILES string of the molecule is CC1(C)CCCC1C(=O)Nc1ccc(CC#N)cc1. The minimum atomic E-state index is 0.102. The third-order valence-corrected chi connectivity index (χ3v) is 4.08. The summed E-state index contributed by atoms with van der Waals surface area (Å²) in [5.74, 6) is 0.224. The van der Waals surface area contributed by atoms with E-state index in [1.807, 2.05) is 24.3 Å². The van der Waals surface area contributed by atoms with Crippen LogP contribution in [0, 0.1) is 22.7 Å². The highest BCUT2D eigenvalue weighted by Gasteiger charge is 2.39. The van der Waals surface area contributed by atoms with Crippen LogP contribution >= 0.6 is 0 Å². The average molecular weight is 256 g/mol. The van der Waals surface area contributed by atoms with Crippen LogP contribution < -0.4 is 5.32 Å². The summed E-state index contributed by atoms with van der Waals surface area (Å²) in [5, 5.41) is 11.6. The summed E-state index contributed by atoms with van der Waals surface area (Å²) in [6.07, 6.45) is 3.63. The monoisotopic (exact) mass is 256 g/mol. The molecule has 1 aromatic carbocycles. The molecule has 1 atom stereocenters. The maximum absolute atomic E-state index is 12.3. The second-order valence-electron chi connectivity index (χ2n) is 5.95. The fourth-order valence-corrected chi connectivity index (χ4v) is 2.84. The molecule has 0 spiro atoms. The molecule has 3 heteroatoms. The van der Waals surface area contributed by atoms with Crippen LogP contribution in [0.25, 0.3) is 0 Å². The highest BCUT2D eigenvalue weighted by Crippen LogP contribution is 2.42. The maximum Gasteiger partial charge on any atom is 0.228 e. The highest BCUT2D eigenvalue weighted by molar-refractivity contribution is 5.93. The molecule has 3 nitrogen and oxygen atoms in total. The van der Waals surface area contributed by atoms with Gasteiger partial charge < -0.3 is 5.32 Å². The van der Waals surface area contributed by atoms with Crippen LogP contribution in [-0.2, 0) is 11.2 Å². The molecule has 0 saturated heterocycles. The first-order valence-electron chi connectivity index (χ1n) is 6.80. The number of amides is 1. The largest absolute Gasteiger partial charge is 0.326 e. The van der Waals surface area contributed by atoms with Gasteiger partial charge in [-0.3, -0.25) is 4.79 Å². The number of nitriles is 1. The number of nitrogens with one attached hydrogen (secondary N) is 1. The van der Waals surface area contributed by atoms with Gasteiger partial charge in [-0.25, -0.2) is 0 Å². The summed E-state index contributed by atoms with van der Waals surface area (Å²) >= 11 is 0. The molecule has 19 heavy (non-hydrogen) atoms. The van der Waals surface area contributed by atoms with E-state index in [4.69, 9.17) is 5.26 Å². The van der Waals surface area contributed by atoms with Crippen molar-refractivity contribution >= 4 is 11.6 Å². The summed E-state index contributed by atoms with van der Waals surface area (Å²) in [5.41, 5.74) is 1.89. The van der Waals surface area contributed by atoms with E-state index in [9.17, 15) is 4.79 Å². The Kier molecular flexibility index (Phi) is 3.90. The van der Waals surface area contributed by atoms with Crippen molar-refractivity contribution in [3.8, 4) is 6.07 Å². The second kappa shape index (κ2) is 5.44. The van der Waals surface area contributed by atoms with Gasteiger partial charge in [-0.05, 0) is 36.0 Å². The summed E-state index contributed by atoms with van der Waals surface area (Å²) in [6, 6.07) is 9.62. The van der Waals surface area contributed by atoms with Gasteiger partial charge in [0.2, 0.25) is 5.91 Å². The maximum atomic E-state index is 12.3. The minimum Gasteiger partial charge on any atom is -0.326 e. The van der Waals surface area contributed by atoms with Crippen molar-refractivity contribution < 1.29 is 4.79 Å². The number of carbonyl (C=O) groups excluding carboxylic acids is 1. The van der Waals surface area contributed by atoms with Gasteiger partial charge in [-0.2, -0.15) is 5.26 Å². The number of hydrogen-bond acceptors (Lipinski definition) is 2. The molecule has 0 bridgehead atoms. The average Bonchev–Trinajstić information content (AvgIpc) is 2.72. The molecule has 2 rings (SSSR count). The molecule has 0 aliphatic heterocycles. The van der Waals surface area contributed by atoms with Crippen molar-refractivity contribution in [1.29, 1.82) is 5.26 Å². The molecule has 1 saturated carbocycles. The Hall–Kier alpha value is -1.82. The number of rotatable bonds is 3. The molecular formula is C16H20N2O. The normalized spacial score (nSPS) is 20.8. The third kappa shape index (κ3) is 3.14. The Labute approximate surface area is 114 Å². The fourth-order valence-electron chi connectivity index (χ4n) is 2.84. The van der Waals surface area contributed by atoms with E-state index in [0.29, 0.717) is 6.42 Å². The predicted octanol–water partition coefficient (Wildman–Crippen LogP) is 3.52.